The van der Waals surface area contributed by atoms with Gasteiger partial charge in [-0.05, 0) is 43.1 Å². The zero-order valence-corrected chi connectivity index (χ0v) is 10.1. The van der Waals surface area contributed by atoms with Crippen LogP contribution in [0.15, 0.2) is 17.3 Å². The summed E-state index contributed by atoms with van der Waals surface area (Å²) in [5.74, 6) is 0.284. The number of sulfone groups is 1. The Balaban J connectivity index is 2.18. The van der Waals surface area contributed by atoms with Crippen LogP contribution >= 0.6 is 11.6 Å². The molecule has 16 heavy (non-hydrogen) atoms. The Morgan fingerprint density at radius 1 is 1.56 bits per heavy atom. The molecule has 88 valence electrons. The number of halogens is 1. The molecule has 0 spiro atoms. The molecule has 1 aliphatic rings. The maximum absolute atomic E-state index is 12.0. The van der Waals surface area contributed by atoms with Gasteiger partial charge in [-0.1, -0.05) is 0 Å². The van der Waals surface area contributed by atoms with Crippen LogP contribution in [-0.4, -0.2) is 37.2 Å². The standard InChI is InChI=1S/C9H12ClN3O2S/c10-9-12-4-2-8(13-9)16(14,15)6-7-1-3-11-5-7/h2,4,7,11H,1,3,5-6H2/t7-/m1/s1. The summed E-state index contributed by atoms with van der Waals surface area (Å²) in [6.45, 7) is 1.63. The molecule has 0 bridgehead atoms. The summed E-state index contributed by atoms with van der Waals surface area (Å²) in [6.07, 6.45) is 2.24. The lowest BCUT2D eigenvalue weighted by molar-refractivity contribution is 0.567. The molecule has 1 aromatic rings. The van der Waals surface area contributed by atoms with Crippen molar-refractivity contribution in [2.75, 3.05) is 18.8 Å². The number of nitrogens with one attached hydrogen (secondary N) is 1. The highest BCUT2D eigenvalue weighted by molar-refractivity contribution is 7.91. The molecule has 2 heterocycles. The number of nitrogens with zero attached hydrogens (tertiary/aromatic N) is 2. The molecule has 2 rings (SSSR count). The van der Waals surface area contributed by atoms with Crippen LogP contribution in [0.3, 0.4) is 0 Å². The molecule has 0 amide bonds. The smallest absolute Gasteiger partial charge is 0.223 e. The molecular weight excluding hydrogens is 250 g/mol. The van der Waals surface area contributed by atoms with E-state index in [9.17, 15) is 8.42 Å². The minimum absolute atomic E-state index is 0.0133. The third kappa shape index (κ3) is 2.69. The molecule has 7 heteroatoms. The molecule has 0 aliphatic carbocycles. The van der Waals surface area contributed by atoms with E-state index in [1.54, 1.807) is 0 Å². The number of hydrogen-bond donors (Lipinski definition) is 1. The fourth-order valence-electron chi connectivity index (χ4n) is 1.75. The SMILES string of the molecule is O=S(=O)(C[C@@H]1CCNC1)c1ccnc(Cl)n1. The second-order valence-electron chi connectivity index (χ2n) is 3.80. The summed E-state index contributed by atoms with van der Waals surface area (Å²) in [5.41, 5.74) is 0. The topological polar surface area (TPSA) is 72.0 Å². The van der Waals surface area contributed by atoms with Crippen molar-refractivity contribution in [1.29, 1.82) is 0 Å². The minimum Gasteiger partial charge on any atom is -0.316 e. The van der Waals surface area contributed by atoms with Gasteiger partial charge in [0.25, 0.3) is 0 Å². The Hall–Kier alpha value is -0.720. The molecule has 1 fully saturated rings. The average molecular weight is 262 g/mol. The van der Waals surface area contributed by atoms with Gasteiger partial charge in [0.2, 0.25) is 5.28 Å². The first-order valence-corrected chi connectivity index (χ1v) is 7.03. The van der Waals surface area contributed by atoms with Crippen molar-refractivity contribution in [3.05, 3.63) is 17.5 Å². The van der Waals surface area contributed by atoms with Crippen LogP contribution in [0.1, 0.15) is 6.42 Å². The lowest BCUT2D eigenvalue weighted by Crippen LogP contribution is -2.19. The van der Waals surface area contributed by atoms with Gasteiger partial charge in [-0.3, -0.25) is 0 Å². The van der Waals surface area contributed by atoms with E-state index in [1.165, 1.54) is 12.3 Å². The molecule has 1 saturated heterocycles. The first-order valence-electron chi connectivity index (χ1n) is 5.00. The van der Waals surface area contributed by atoms with Crippen molar-refractivity contribution in [2.45, 2.75) is 11.4 Å². The second kappa shape index (κ2) is 4.65. The molecular formula is C9H12ClN3O2S. The van der Waals surface area contributed by atoms with Gasteiger partial charge < -0.3 is 5.32 Å². The fourth-order valence-corrected chi connectivity index (χ4v) is 3.51. The zero-order valence-electron chi connectivity index (χ0n) is 8.56. The predicted octanol–water partition coefficient (Wildman–Crippen LogP) is 0.513. The highest BCUT2D eigenvalue weighted by atomic mass is 35.5. The zero-order chi connectivity index (χ0) is 11.6. The summed E-state index contributed by atoms with van der Waals surface area (Å²) in [4.78, 5) is 7.40. The maximum atomic E-state index is 12.0. The van der Waals surface area contributed by atoms with E-state index in [1.807, 2.05) is 0 Å². The van der Waals surface area contributed by atoms with Crippen LogP contribution in [0.25, 0.3) is 0 Å². The van der Waals surface area contributed by atoms with Gasteiger partial charge in [0.15, 0.2) is 14.9 Å². The molecule has 0 aromatic carbocycles. The summed E-state index contributed by atoms with van der Waals surface area (Å²) >= 11 is 5.57. The molecule has 0 unspecified atom stereocenters. The van der Waals surface area contributed by atoms with Crippen molar-refractivity contribution in [3.63, 3.8) is 0 Å². The van der Waals surface area contributed by atoms with Gasteiger partial charge in [0.1, 0.15) is 0 Å². The molecule has 1 atom stereocenters. The monoisotopic (exact) mass is 261 g/mol. The van der Waals surface area contributed by atoms with E-state index in [0.29, 0.717) is 0 Å². The lowest BCUT2D eigenvalue weighted by Gasteiger charge is -2.08. The predicted molar refractivity (Wildman–Crippen MR) is 60.1 cm³/mol. The van der Waals surface area contributed by atoms with Gasteiger partial charge in [0, 0.05) is 6.20 Å². The van der Waals surface area contributed by atoms with Crippen LogP contribution < -0.4 is 5.32 Å². The van der Waals surface area contributed by atoms with Crippen LogP contribution in [0.4, 0.5) is 0 Å². The minimum atomic E-state index is -3.34. The van der Waals surface area contributed by atoms with Gasteiger partial charge in [-0.25, -0.2) is 18.4 Å². The Morgan fingerprint density at radius 2 is 2.38 bits per heavy atom. The molecule has 0 saturated carbocycles. The van der Waals surface area contributed by atoms with E-state index in [0.717, 1.165) is 19.5 Å². The van der Waals surface area contributed by atoms with Crippen LogP contribution in [0.5, 0.6) is 0 Å². The van der Waals surface area contributed by atoms with Gasteiger partial charge >= 0.3 is 0 Å². The van der Waals surface area contributed by atoms with Gasteiger partial charge in [0.05, 0.1) is 5.75 Å². The largest absolute Gasteiger partial charge is 0.316 e. The van der Waals surface area contributed by atoms with E-state index >= 15 is 0 Å². The molecule has 1 N–H and O–H groups in total. The second-order valence-corrected chi connectivity index (χ2v) is 6.12. The van der Waals surface area contributed by atoms with E-state index in [2.05, 4.69) is 15.3 Å². The molecule has 0 radical (unpaired) electrons. The number of aromatic nitrogens is 2. The average Bonchev–Trinajstić information content (AvgIpc) is 2.70. The Labute approximate surface area is 99.2 Å². The first-order chi connectivity index (χ1) is 7.58. The normalized spacial score (nSPS) is 21.2. The van der Waals surface area contributed by atoms with Crippen molar-refractivity contribution in [1.82, 2.24) is 15.3 Å². The lowest BCUT2D eigenvalue weighted by atomic mass is 10.2. The molecule has 5 nitrogen and oxygen atoms in total. The third-order valence-electron chi connectivity index (χ3n) is 2.54. The molecule has 1 aromatic heterocycles. The van der Waals surface area contributed by atoms with E-state index < -0.39 is 9.84 Å². The number of hydrogen-bond acceptors (Lipinski definition) is 5. The van der Waals surface area contributed by atoms with Crippen LogP contribution in [0.2, 0.25) is 5.28 Å². The quantitative estimate of drug-likeness (QED) is 0.634. The van der Waals surface area contributed by atoms with Crippen molar-refractivity contribution >= 4 is 21.4 Å². The van der Waals surface area contributed by atoms with Crippen molar-refractivity contribution < 1.29 is 8.42 Å². The van der Waals surface area contributed by atoms with Gasteiger partial charge in [-0.15, -0.1) is 0 Å². The highest BCUT2D eigenvalue weighted by Crippen LogP contribution is 2.16. The van der Waals surface area contributed by atoms with Crippen LogP contribution in [0, 0.1) is 5.92 Å². The fraction of sp³-hybridized carbons (Fsp3) is 0.556. The summed E-state index contributed by atoms with van der Waals surface area (Å²) in [5, 5.41) is 3.11. The van der Waals surface area contributed by atoms with Crippen LogP contribution in [-0.2, 0) is 9.84 Å². The highest BCUT2D eigenvalue weighted by Gasteiger charge is 2.25. The number of rotatable bonds is 3. The van der Waals surface area contributed by atoms with E-state index in [-0.39, 0.29) is 22.0 Å². The first kappa shape index (κ1) is 11.8. The summed E-state index contributed by atoms with van der Waals surface area (Å²) in [6, 6.07) is 1.38. The summed E-state index contributed by atoms with van der Waals surface area (Å²) < 4.78 is 23.9. The maximum Gasteiger partial charge on any atom is 0.223 e. The Bertz CT molecular complexity index is 471. The van der Waals surface area contributed by atoms with Crippen molar-refractivity contribution in [2.24, 2.45) is 5.92 Å². The Morgan fingerprint density at radius 3 is 3.00 bits per heavy atom. The third-order valence-corrected chi connectivity index (χ3v) is 4.49. The van der Waals surface area contributed by atoms with E-state index in [4.69, 9.17) is 11.6 Å². The molecule has 1 aliphatic heterocycles. The Kier molecular flexibility index (Phi) is 3.41. The summed E-state index contributed by atoms with van der Waals surface area (Å²) in [7, 11) is -3.34. The van der Waals surface area contributed by atoms with Crippen molar-refractivity contribution in [3.8, 4) is 0 Å². The van der Waals surface area contributed by atoms with Gasteiger partial charge in [-0.2, -0.15) is 0 Å².